The van der Waals surface area contributed by atoms with Crippen molar-refractivity contribution in [1.29, 1.82) is 0 Å². The molecule has 1 aliphatic heterocycles. The summed E-state index contributed by atoms with van der Waals surface area (Å²) in [5.74, 6) is 0.231. The molecule has 25 heavy (non-hydrogen) atoms. The SMILES string of the molecule is O=CC1NC=Cc2c(-c3ccoc3)cnc(Nc3ccc(F)cc3)c21. The van der Waals surface area contributed by atoms with Crippen LogP contribution < -0.4 is 10.6 Å². The summed E-state index contributed by atoms with van der Waals surface area (Å²) in [6.45, 7) is 0. The summed E-state index contributed by atoms with van der Waals surface area (Å²) >= 11 is 0. The Hall–Kier alpha value is -3.41. The maximum Gasteiger partial charge on any atom is 0.146 e. The Bertz CT molecular complexity index is 934. The molecule has 0 aliphatic carbocycles. The van der Waals surface area contributed by atoms with Crippen LogP contribution in [0.1, 0.15) is 17.2 Å². The van der Waals surface area contributed by atoms with Crippen LogP contribution in [0.3, 0.4) is 0 Å². The maximum absolute atomic E-state index is 13.1. The second-order valence-electron chi connectivity index (χ2n) is 5.61. The van der Waals surface area contributed by atoms with Gasteiger partial charge in [-0.3, -0.25) is 0 Å². The zero-order valence-corrected chi connectivity index (χ0v) is 13.1. The normalized spacial score (nSPS) is 15.3. The Morgan fingerprint density at radius 3 is 2.80 bits per heavy atom. The molecular weight excluding hydrogens is 321 g/mol. The molecule has 3 aromatic rings. The number of anilines is 2. The lowest BCUT2D eigenvalue weighted by atomic mass is 9.93. The van der Waals surface area contributed by atoms with Gasteiger partial charge >= 0.3 is 0 Å². The van der Waals surface area contributed by atoms with Crippen LogP contribution in [0.5, 0.6) is 0 Å². The first-order valence-electron chi connectivity index (χ1n) is 7.72. The largest absolute Gasteiger partial charge is 0.472 e. The summed E-state index contributed by atoms with van der Waals surface area (Å²) in [6, 6.07) is 7.29. The van der Waals surface area contributed by atoms with E-state index in [1.54, 1.807) is 37.1 Å². The number of halogens is 1. The van der Waals surface area contributed by atoms with Crippen LogP contribution in [0.2, 0.25) is 0 Å². The summed E-state index contributed by atoms with van der Waals surface area (Å²) in [5, 5.41) is 6.18. The molecule has 0 bridgehead atoms. The van der Waals surface area contributed by atoms with Crippen LogP contribution in [-0.4, -0.2) is 11.3 Å². The number of hydrogen-bond donors (Lipinski definition) is 2. The standard InChI is InChI=1S/C19H14FN3O2/c20-13-1-3-14(4-2-13)23-19-18-15(5-7-21-17(18)10-24)16(9-22-19)12-6-8-25-11-12/h1-11,17,21H,(H,22,23). The Morgan fingerprint density at radius 1 is 1.24 bits per heavy atom. The van der Waals surface area contributed by atoms with Gasteiger partial charge in [-0.15, -0.1) is 0 Å². The lowest BCUT2D eigenvalue weighted by Gasteiger charge is -2.24. The number of pyridine rings is 1. The molecule has 1 atom stereocenters. The number of aldehydes is 1. The first kappa shape index (κ1) is 15.1. The number of hydrogen-bond acceptors (Lipinski definition) is 5. The summed E-state index contributed by atoms with van der Waals surface area (Å²) in [5.41, 5.74) is 4.06. The molecule has 0 saturated heterocycles. The second-order valence-corrected chi connectivity index (χ2v) is 5.61. The zero-order chi connectivity index (χ0) is 17.2. The van der Waals surface area contributed by atoms with Crippen molar-refractivity contribution in [3.8, 4) is 11.1 Å². The quantitative estimate of drug-likeness (QED) is 0.705. The van der Waals surface area contributed by atoms with Gasteiger partial charge in [0.1, 0.15) is 24.0 Å². The number of fused-ring (bicyclic) bond motifs is 1. The third-order valence-electron chi connectivity index (χ3n) is 4.07. The summed E-state index contributed by atoms with van der Waals surface area (Å²) in [4.78, 5) is 16.0. The van der Waals surface area contributed by atoms with Crippen LogP contribution in [0.4, 0.5) is 15.9 Å². The number of rotatable bonds is 4. The van der Waals surface area contributed by atoms with E-state index in [2.05, 4.69) is 15.6 Å². The van der Waals surface area contributed by atoms with Gasteiger partial charge in [-0.25, -0.2) is 9.37 Å². The third-order valence-corrected chi connectivity index (χ3v) is 4.07. The number of furan rings is 1. The van der Waals surface area contributed by atoms with Gasteiger partial charge in [-0.05, 0) is 48.2 Å². The van der Waals surface area contributed by atoms with Crippen molar-refractivity contribution in [3.05, 3.63) is 72.2 Å². The minimum atomic E-state index is -0.526. The molecule has 124 valence electrons. The fourth-order valence-electron chi connectivity index (χ4n) is 2.88. The van der Waals surface area contributed by atoms with Gasteiger partial charge in [0.15, 0.2) is 0 Å². The molecule has 0 amide bonds. The first-order valence-corrected chi connectivity index (χ1v) is 7.72. The molecule has 0 spiro atoms. The van der Waals surface area contributed by atoms with E-state index in [0.29, 0.717) is 11.5 Å². The molecule has 5 nitrogen and oxygen atoms in total. The number of nitrogens with one attached hydrogen (secondary N) is 2. The van der Waals surface area contributed by atoms with E-state index in [-0.39, 0.29) is 5.82 Å². The van der Waals surface area contributed by atoms with E-state index in [1.165, 1.54) is 12.1 Å². The fraction of sp³-hybridized carbons (Fsp3) is 0.0526. The highest BCUT2D eigenvalue weighted by Gasteiger charge is 2.24. The fourth-order valence-corrected chi connectivity index (χ4v) is 2.88. The average molecular weight is 335 g/mol. The molecule has 1 unspecified atom stereocenters. The Balaban J connectivity index is 1.84. The minimum absolute atomic E-state index is 0.314. The molecule has 6 heteroatoms. The predicted molar refractivity (Wildman–Crippen MR) is 92.6 cm³/mol. The lowest BCUT2D eigenvalue weighted by molar-refractivity contribution is -0.109. The van der Waals surface area contributed by atoms with Crippen LogP contribution in [0, 0.1) is 5.82 Å². The highest BCUT2D eigenvalue weighted by molar-refractivity contribution is 5.84. The van der Waals surface area contributed by atoms with Crippen molar-refractivity contribution in [1.82, 2.24) is 10.3 Å². The van der Waals surface area contributed by atoms with Crippen molar-refractivity contribution < 1.29 is 13.6 Å². The van der Waals surface area contributed by atoms with Crippen molar-refractivity contribution >= 4 is 23.9 Å². The molecule has 4 rings (SSSR count). The van der Waals surface area contributed by atoms with Gasteiger partial charge in [0.2, 0.25) is 0 Å². The average Bonchev–Trinajstić information content (AvgIpc) is 3.17. The summed E-state index contributed by atoms with van der Waals surface area (Å²) in [6.07, 6.45) is 9.43. The predicted octanol–water partition coefficient (Wildman–Crippen LogP) is 4.04. The minimum Gasteiger partial charge on any atom is -0.472 e. The number of carbonyl (C=O) groups excluding carboxylic acids is 1. The van der Waals surface area contributed by atoms with E-state index in [0.717, 1.165) is 28.5 Å². The smallest absolute Gasteiger partial charge is 0.146 e. The number of carbonyl (C=O) groups is 1. The van der Waals surface area contributed by atoms with Gasteiger partial charge in [-0.2, -0.15) is 0 Å². The van der Waals surface area contributed by atoms with Gasteiger partial charge in [-0.1, -0.05) is 0 Å². The highest BCUT2D eigenvalue weighted by atomic mass is 19.1. The first-order chi connectivity index (χ1) is 12.3. The molecule has 2 N–H and O–H groups in total. The Morgan fingerprint density at radius 2 is 2.08 bits per heavy atom. The zero-order valence-electron chi connectivity index (χ0n) is 13.1. The molecule has 0 saturated carbocycles. The molecular formula is C19H14FN3O2. The Labute approximate surface area is 143 Å². The van der Waals surface area contributed by atoms with Crippen molar-refractivity contribution in [2.45, 2.75) is 6.04 Å². The van der Waals surface area contributed by atoms with E-state index >= 15 is 0 Å². The molecule has 0 radical (unpaired) electrons. The maximum atomic E-state index is 13.1. The monoisotopic (exact) mass is 335 g/mol. The number of nitrogens with zero attached hydrogens (tertiary/aromatic N) is 1. The van der Waals surface area contributed by atoms with Crippen LogP contribution in [-0.2, 0) is 4.79 Å². The topological polar surface area (TPSA) is 67.2 Å². The van der Waals surface area contributed by atoms with Gasteiger partial charge in [0.05, 0.1) is 12.5 Å². The van der Waals surface area contributed by atoms with Gasteiger partial charge < -0.3 is 19.8 Å². The summed E-state index contributed by atoms with van der Waals surface area (Å²) < 4.78 is 18.3. The summed E-state index contributed by atoms with van der Waals surface area (Å²) in [7, 11) is 0. The van der Waals surface area contributed by atoms with Crippen LogP contribution in [0.15, 0.2) is 59.7 Å². The molecule has 1 aromatic carbocycles. The Kier molecular flexibility index (Phi) is 3.78. The van der Waals surface area contributed by atoms with Gasteiger partial charge in [0.25, 0.3) is 0 Å². The highest BCUT2D eigenvalue weighted by Crippen LogP contribution is 2.36. The van der Waals surface area contributed by atoms with E-state index in [9.17, 15) is 9.18 Å². The van der Waals surface area contributed by atoms with Crippen molar-refractivity contribution in [3.63, 3.8) is 0 Å². The van der Waals surface area contributed by atoms with E-state index in [4.69, 9.17) is 4.42 Å². The van der Waals surface area contributed by atoms with Gasteiger partial charge in [0, 0.05) is 28.6 Å². The van der Waals surface area contributed by atoms with Crippen molar-refractivity contribution in [2.75, 3.05) is 5.32 Å². The van der Waals surface area contributed by atoms with Crippen LogP contribution >= 0.6 is 0 Å². The molecule has 2 aromatic heterocycles. The van der Waals surface area contributed by atoms with Crippen LogP contribution in [0.25, 0.3) is 17.2 Å². The van der Waals surface area contributed by atoms with E-state index < -0.39 is 6.04 Å². The number of aromatic nitrogens is 1. The lowest BCUT2D eigenvalue weighted by Crippen LogP contribution is -2.23. The third kappa shape index (κ3) is 2.78. The number of benzene rings is 1. The van der Waals surface area contributed by atoms with Crippen molar-refractivity contribution in [2.24, 2.45) is 0 Å². The molecule has 1 aliphatic rings. The molecule has 0 fully saturated rings. The molecule has 3 heterocycles. The van der Waals surface area contributed by atoms with E-state index in [1.807, 2.05) is 12.1 Å². The second kappa shape index (κ2) is 6.24.